The molecule has 1 unspecified atom stereocenters. The molecule has 1 N–H and O–H groups in total. The number of benzene rings is 2. The lowest BCUT2D eigenvalue weighted by Crippen LogP contribution is -2.09. The van der Waals surface area contributed by atoms with Crippen molar-refractivity contribution in [2.75, 3.05) is 11.9 Å². The van der Waals surface area contributed by atoms with Crippen molar-refractivity contribution in [2.45, 2.75) is 26.2 Å². The summed E-state index contributed by atoms with van der Waals surface area (Å²) < 4.78 is 0. The Labute approximate surface area is 120 Å². The maximum absolute atomic E-state index is 11.6. The van der Waals surface area contributed by atoms with E-state index in [4.69, 9.17) is 0 Å². The molecule has 0 aliphatic carbocycles. The summed E-state index contributed by atoms with van der Waals surface area (Å²) in [7, 11) is 0. The molecule has 2 heteroatoms. The highest BCUT2D eigenvalue weighted by atomic mass is 16.1. The number of hydrogen-bond donors (Lipinski definition) is 1. The fourth-order valence-electron chi connectivity index (χ4n) is 2.15. The molecular formula is C18H21NO. The van der Waals surface area contributed by atoms with Gasteiger partial charge in [-0.25, -0.2) is 0 Å². The fraction of sp³-hybridized carbons (Fsp3) is 0.278. The summed E-state index contributed by atoms with van der Waals surface area (Å²) in [6.07, 6.45) is 0.553. The Kier molecular flexibility index (Phi) is 4.94. The Hall–Kier alpha value is -2.09. The molecule has 0 aliphatic rings. The van der Waals surface area contributed by atoms with E-state index in [2.05, 4.69) is 36.5 Å². The zero-order valence-electron chi connectivity index (χ0n) is 12.1. The Morgan fingerprint density at radius 3 is 2.30 bits per heavy atom. The van der Waals surface area contributed by atoms with Gasteiger partial charge in [0.05, 0.1) is 0 Å². The van der Waals surface area contributed by atoms with E-state index >= 15 is 0 Å². The van der Waals surface area contributed by atoms with Crippen LogP contribution < -0.4 is 5.32 Å². The molecule has 0 aromatic heterocycles. The molecule has 2 aromatic carbocycles. The van der Waals surface area contributed by atoms with Gasteiger partial charge in [0.1, 0.15) is 0 Å². The predicted octanol–water partition coefficient (Wildman–Crippen LogP) is 4.49. The monoisotopic (exact) mass is 267 g/mol. The number of anilines is 1. The van der Waals surface area contributed by atoms with Crippen molar-refractivity contribution in [3.05, 3.63) is 65.7 Å². The summed E-state index contributed by atoms with van der Waals surface area (Å²) in [4.78, 5) is 11.6. The van der Waals surface area contributed by atoms with Crippen molar-refractivity contribution in [2.24, 2.45) is 0 Å². The maximum atomic E-state index is 11.6. The summed E-state index contributed by atoms with van der Waals surface area (Å²) in [6.45, 7) is 4.97. The smallest absolute Gasteiger partial charge is 0.162 e. The summed E-state index contributed by atoms with van der Waals surface area (Å²) in [5, 5.41) is 3.42. The van der Waals surface area contributed by atoms with Gasteiger partial charge in [-0.05, 0) is 35.7 Å². The quantitative estimate of drug-likeness (QED) is 0.781. The van der Waals surface area contributed by atoms with Gasteiger partial charge in [0, 0.05) is 24.2 Å². The minimum Gasteiger partial charge on any atom is -0.384 e. The van der Waals surface area contributed by atoms with E-state index in [0.29, 0.717) is 12.3 Å². The molecule has 2 rings (SSSR count). The van der Waals surface area contributed by atoms with Gasteiger partial charge < -0.3 is 5.32 Å². The molecule has 20 heavy (non-hydrogen) atoms. The highest BCUT2D eigenvalue weighted by molar-refractivity contribution is 5.96. The molecule has 0 saturated heterocycles. The Balaban J connectivity index is 1.93. The molecule has 0 saturated carbocycles. The van der Waals surface area contributed by atoms with Crippen LogP contribution in [-0.4, -0.2) is 12.3 Å². The van der Waals surface area contributed by atoms with Gasteiger partial charge in [0.25, 0.3) is 0 Å². The second-order valence-electron chi connectivity index (χ2n) is 5.05. The first kappa shape index (κ1) is 14.3. The molecule has 2 nitrogen and oxygen atoms in total. The van der Waals surface area contributed by atoms with E-state index in [1.54, 1.807) is 0 Å². The van der Waals surface area contributed by atoms with Gasteiger partial charge >= 0.3 is 0 Å². The standard InChI is InChI=1S/C18H21NO/c1-3-18(20)16-9-11-17(12-10-16)19-13-14(2)15-7-5-4-6-8-15/h4-12,14,19H,3,13H2,1-2H3. The summed E-state index contributed by atoms with van der Waals surface area (Å²) >= 11 is 0. The lowest BCUT2D eigenvalue weighted by atomic mass is 10.0. The molecule has 0 fully saturated rings. The van der Waals surface area contributed by atoms with E-state index in [1.165, 1.54) is 5.56 Å². The fourth-order valence-corrected chi connectivity index (χ4v) is 2.15. The molecule has 1 atom stereocenters. The summed E-state index contributed by atoms with van der Waals surface area (Å²) in [5.74, 6) is 0.641. The molecule has 0 heterocycles. The second-order valence-corrected chi connectivity index (χ2v) is 5.05. The molecular weight excluding hydrogens is 246 g/mol. The molecule has 2 aromatic rings. The van der Waals surface area contributed by atoms with Crippen molar-refractivity contribution in [3.8, 4) is 0 Å². The zero-order valence-corrected chi connectivity index (χ0v) is 12.1. The van der Waals surface area contributed by atoms with Crippen molar-refractivity contribution < 1.29 is 4.79 Å². The van der Waals surface area contributed by atoms with Crippen molar-refractivity contribution in [3.63, 3.8) is 0 Å². The van der Waals surface area contributed by atoms with Gasteiger partial charge in [0.15, 0.2) is 5.78 Å². The Morgan fingerprint density at radius 1 is 1.05 bits per heavy atom. The minimum absolute atomic E-state index is 0.189. The molecule has 0 aliphatic heterocycles. The van der Waals surface area contributed by atoms with Crippen molar-refractivity contribution >= 4 is 11.5 Å². The van der Waals surface area contributed by atoms with E-state index < -0.39 is 0 Å². The summed E-state index contributed by atoms with van der Waals surface area (Å²) in [5.41, 5.74) is 3.17. The van der Waals surface area contributed by atoms with Crippen LogP contribution in [0, 0.1) is 0 Å². The average molecular weight is 267 g/mol. The first-order valence-electron chi connectivity index (χ1n) is 7.12. The third-order valence-electron chi connectivity index (χ3n) is 3.51. The van der Waals surface area contributed by atoms with Crippen LogP contribution in [-0.2, 0) is 0 Å². The third kappa shape index (κ3) is 3.70. The van der Waals surface area contributed by atoms with Crippen LogP contribution in [0.1, 0.15) is 42.1 Å². The number of nitrogens with one attached hydrogen (secondary N) is 1. The molecule has 104 valence electrons. The van der Waals surface area contributed by atoms with Crippen LogP contribution in [0.5, 0.6) is 0 Å². The van der Waals surface area contributed by atoms with Crippen LogP contribution in [0.2, 0.25) is 0 Å². The largest absolute Gasteiger partial charge is 0.384 e. The van der Waals surface area contributed by atoms with E-state index in [-0.39, 0.29) is 5.78 Å². The second kappa shape index (κ2) is 6.90. The van der Waals surface area contributed by atoms with Crippen LogP contribution in [0.25, 0.3) is 0 Å². The van der Waals surface area contributed by atoms with Crippen LogP contribution in [0.15, 0.2) is 54.6 Å². The van der Waals surface area contributed by atoms with Gasteiger partial charge in [-0.1, -0.05) is 44.2 Å². The van der Waals surface area contributed by atoms with Gasteiger partial charge in [-0.2, -0.15) is 0 Å². The van der Waals surface area contributed by atoms with E-state index in [9.17, 15) is 4.79 Å². The highest BCUT2D eigenvalue weighted by Gasteiger charge is 2.05. The lowest BCUT2D eigenvalue weighted by Gasteiger charge is -2.14. The zero-order chi connectivity index (χ0) is 14.4. The number of Topliss-reactive ketones (excluding diaryl/α,β-unsaturated/α-hetero) is 1. The van der Waals surface area contributed by atoms with Gasteiger partial charge in [0.2, 0.25) is 0 Å². The van der Waals surface area contributed by atoms with Gasteiger partial charge in [-0.3, -0.25) is 4.79 Å². The first-order valence-corrected chi connectivity index (χ1v) is 7.12. The summed E-state index contributed by atoms with van der Waals surface area (Å²) in [6, 6.07) is 18.2. The minimum atomic E-state index is 0.189. The normalized spacial score (nSPS) is 11.9. The van der Waals surface area contributed by atoms with Crippen LogP contribution in [0.4, 0.5) is 5.69 Å². The number of carbonyl (C=O) groups is 1. The Morgan fingerprint density at radius 2 is 1.70 bits per heavy atom. The molecule has 0 radical (unpaired) electrons. The molecule has 0 spiro atoms. The van der Waals surface area contributed by atoms with Crippen molar-refractivity contribution in [1.82, 2.24) is 0 Å². The lowest BCUT2D eigenvalue weighted by molar-refractivity contribution is 0.0988. The number of carbonyl (C=O) groups excluding carboxylic acids is 1. The maximum Gasteiger partial charge on any atom is 0.162 e. The average Bonchev–Trinajstić information content (AvgIpc) is 2.53. The van der Waals surface area contributed by atoms with E-state index in [1.807, 2.05) is 37.3 Å². The topological polar surface area (TPSA) is 29.1 Å². The van der Waals surface area contributed by atoms with Crippen LogP contribution in [0.3, 0.4) is 0 Å². The number of rotatable bonds is 6. The SMILES string of the molecule is CCC(=O)c1ccc(NCC(C)c2ccccc2)cc1. The number of ketones is 1. The highest BCUT2D eigenvalue weighted by Crippen LogP contribution is 2.17. The Bertz CT molecular complexity index is 545. The van der Waals surface area contributed by atoms with Gasteiger partial charge in [-0.15, -0.1) is 0 Å². The third-order valence-corrected chi connectivity index (χ3v) is 3.51. The molecule has 0 bridgehead atoms. The predicted molar refractivity (Wildman–Crippen MR) is 84.4 cm³/mol. The van der Waals surface area contributed by atoms with Crippen molar-refractivity contribution in [1.29, 1.82) is 0 Å². The first-order chi connectivity index (χ1) is 9.70. The van der Waals surface area contributed by atoms with Crippen LogP contribution >= 0.6 is 0 Å². The molecule has 0 amide bonds. The van der Waals surface area contributed by atoms with E-state index in [0.717, 1.165) is 17.8 Å². The number of hydrogen-bond acceptors (Lipinski definition) is 2.